The van der Waals surface area contributed by atoms with Crippen molar-refractivity contribution in [2.24, 2.45) is 0 Å². The molecule has 4 aromatic carbocycles. The molecule has 0 fully saturated rings. The fraction of sp³-hybridized carbons (Fsp3) is 0.111. The Balaban J connectivity index is 0.000000886. The minimum absolute atomic E-state index is 0. The third kappa shape index (κ3) is 14.3. The van der Waals surface area contributed by atoms with Gasteiger partial charge in [0.25, 0.3) is 0 Å². The average molecular weight is 919 g/mol. The van der Waals surface area contributed by atoms with Crippen LogP contribution in [0.5, 0.6) is 0 Å². The van der Waals surface area contributed by atoms with E-state index in [0.717, 1.165) is 41.8 Å². The summed E-state index contributed by atoms with van der Waals surface area (Å²) < 4.78 is 0. The third-order valence-electron chi connectivity index (χ3n) is 6.63. The zero-order valence-electron chi connectivity index (χ0n) is 27.5. The van der Waals surface area contributed by atoms with Crippen molar-refractivity contribution in [2.45, 2.75) is 45.3 Å². The molecule has 0 saturated carbocycles. The van der Waals surface area contributed by atoms with Crippen molar-refractivity contribution in [1.29, 1.82) is 0 Å². The van der Waals surface area contributed by atoms with Crippen molar-refractivity contribution < 1.29 is 78.0 Å². The number of hydrogen-bond donors (Lipinski definition) is 0. The van der Waals surface area contributed by atoms with Gasteiger partial charge in [-0.15, -0.1) is 26.3 Å². The molecule has 0 aromatic heterocycles. The topological polar surface area (TPSA) is 92.2 Å². The van der Waals surface area contributed by atoms with E-state index in [1.165, 1.54) is 0 Å². The fourth-order valence-corrected chi connectivity index (χ4v) is 16.6. The number of hydrogen-bond acceptors (Lipinski definition) is 6. The van der Waals surface area contributed by atoms with Crippen LogP contribution in [0.3, 0.4) is 0 Å². The van der Waals surface area contributed by atoms with E-state index in [2.05, 4.69) is 26.3 Å². The summed E-state index contributed by atoms with van der Waals surface area (Å²) in [7, 11) is -2.35. The van der Waals surface area contributed by atoms with Crippen molar-refractivity contribution in [3.8, 4) is 0 Å². The molecule has 13 heteroatoms. The van der Waals surface area contributed by atoms with Crippen LogP contribution in [-0.4, -0.2) is 0 Å². The maximum absolute atomic E-state index is 12.4. The van der Waals surface area contributed by atoms with Gasteiger partial charge in [-0.3, -0.25) is 0 Å². The van der Waals surface area contributed by atoms with Gasteiger partial charge < -0.3 is 55.5 Å². The first-order valence-corrected chi connectivity index (χ1v) is 23.2. The van der Waals surface area contributed by atoms with Crippen LogP contribution in [0.4, 0.5) is 0 Å². The molecule has 49 heavy (non-hydrogen) atoms. The van der Waals surface area contributed by atoms with Gasteiger partial charge in [-0.25, -0.2) is 0 Å². The summed E-state index contributed by atoms with van der Waals surface area (Å²) >= 11 is 9.84. The Morgan fingerprint density at radius 3 is 0.776 bits per heavy atom. The van der Waals surface area contributed by atoms with Crippen LogP contribution < -0.4 is 19.6 Å². The van der Waals surface area contributed by atoms with Crippen molar-refractivity contribution in [1.82, 2.24) is 0 Å². The molecule has 0 heterocycles. The molecule has 244 valence electrons. The zero-order valence-corrected chi connectivity index (χ0v) is 41.4. The molecule has 0 atom stereocenters. The quantitative estimate of drug-likeness (QED) is 0.0724. The first kappa shape index (κ1) is 48.8. The molecular formula is C36H36O4P2S4Zn3. The monoisotopic (exact) mass is 914 g/mol. The second-order valence-corrected chi connectivity index (χ2v) is 23.9. The van der Waals surface area contributed by atoms with Gasteiger partial charge in [0, 0.05) is 19.6 Å². The summed E-state index contributed by atoms with van der Waals surface area (Å²) in [4.78, 5) is 52.8. The van der Waals surface area contributed by atoms with E-state index in [4.69, 9.17) is 24.5 Å². The van der Waals surface area contributed by atoms with Crippen LogP contribution >= 0.6 is 11.4 Å². The molecule has 0 spiro atoms. The second-order valence-electron chi connectivity index (χ2n) is 9.87. The third-order valence-corrected chi connectivity index (χ3v) is 18.5. The first-order chi connectivity index (χ1) is 22.0. The van der Waals surface area contributed by atoms with Gasteiger partial charge in [0.05, 0.1) is 0 Å². The molecule has 0 unspecified atom stereocenters. The Labute approximate surface area is 345 Å². The van der Waals surface area contributed by atoms with Crippen LogP contribution in [0.2, 0.25) is 0 Å². The van der Waals surface area contributed by atoms with Gasteiger partial charge in [0.2, 0.25) is 0 Å². The van der Waals surface area contributed by atoms with Crippen LogP contribution in [-0.2, 0) is 129 Å². The minimum Gasteiger partial charge on any atom is -0.853 e. The predicted molar refractivity (Wildman–Crippen MR) is 198 cm³/mol. The molecule has 0 amide bonds. The number of allylic oxidation sites excluding steroid dienone is 4. The molecule has 0 aliphatic rings. The van der Waals surface area contributed by atoms with E-state index in [-0.39, 0.29) is 58.4 Å². The van der Waals surface area contributed by atoms with Gasteiger partial charge in [-0.05, 0) is 72.2 Å². The fourth-order valence-electron chi connectivity index (χ4n) is 4.79. The van der Waals surface area contributed by atoms with E-state index in [0.29, 0.717) is 25.7 Å². The smallest absolute Gasteiger partial charge is 0.853 e. The van der Waals surface area contributed by atoms with E-state index in [1.807, 2.05) is 97.1 Å². The van der Waals surface area contributed by atoms with Crippen LogP contribution in [0, 0.1) is 0 Å². The van der Waals surface area contributed by atoms with Crippen molar-refractivity contribution in [2.75, 3.05) is 0 Å². The Hall–Kier alpha value is -0.190. The molecule has 4 aromatic rings. The Morgan fingerprint density at radius 1 is 0.429 bits per heavy atom. The van der Waals surface area contributed by atoms with Gasteiger partial charge in [0.15, 0.2) is 0 Å². The van der Waals surface area contributed by atoms with Crippen molar-refractivity contribution in [3.63, 3.8) is 0 Å². The van der Waals surface area contributed by atoms with Crippen LogP contribution in [0.1, 0.15) is 22.3 Å². The van der Waals surface area contributed by atoms with Crippen LogP contribution in [0.15, 0.2) is 167 Å². The predicted octanol–water partition coefficient (Wildman–Crippen LogP) is 6.24. The van der Waals surface area contributed by atoms with Crippen LogP contribution in [0.25, 0.3) is 0 Å². The summed E-state index contributed by atoms with van der Waals surface area (Å²) in [6.07, 6.45) is 9.53. The molecule has 0 aliphatic heterocycles. The summed E-state index contributed by atoms with van der Waals surface area (Å²) in [5, 5.41) is 0. The first-order valence-electron chi connectivity index (χ1n) is 14.3. The molecular weight excluding hydrogens is 883 g/mol. The Morgan fingerprint density at radius 2 is 0.612 bits per heavy atom. The molecule has 4 rings (SSSR count). The normalized spacial score (nSPS) is 10.8. The standard InChI is InChI=1S/2C18H18O2PS2.3Zn/c2*1-3-9-15-11-5-7-13-17(15)23(21(19,20)22)18-14-8-6-12-16(18)10-4-2;;;/h2*3-8,11-14H,1-2,9-10H2;;;/q2*-3;3*+2. The minimum atomic E-state index is -4.03. The van der Waals surface area contributed by atoms with Crippen molar-refractivity contribution >= 4 is 56.0 Å². The molecule has 0 bridgehead atoms. The maximum Gasteiger partial charge on any atom is 2.00 e. The molecule has 0 N–H and O–H groups in total. The summed E-state index contributed by atoms with van der Waals surface area (Å²) in [5.74, 6) is 0. The van der Waals surface area contributed by atoms with Gasteiger partial charge in [-0.2, -0.15) is 20.1 Å². The maximum atomic E-state index is 12.4. The van der Waals surface area contributed by atoms with Crippen molar-refractivity contribution in [3.05, 3.63) is 170 Å². The zero-order chi connectivity index (χ0) is 33.7. The summed E-state index contributed by atoms with van der Waals surface area (Å²) in [5.41, 5.74) is -4.28. The van der Waals surface area contributed by atoms with E-state index in [9.17, 15) is 19.6 Å². The summed E-state index contributed by atoms with van der Waals surface area (Å²) in [6.45, 7) is 15.0. The number of rotatable bonds is 12. The van der Waals surface area contributed by atoms with Gasteiger partial charge in [-0.1, -0.05) is 97.1 Å². The largest absolute Gasteiger partial charge is 2.00 e. The molecule has 0 saturated heterocycles. The molecule has 0 radical (unpaired) electrons. The molecule has 4 nitrogen and oxygen atoms in total. The van der Waals surface area contributed by atoms with E-state index in [1.54, 1.807) is 24.3 Å². The summed E-state index contributed by atoms with van der Waals surface area (Å²) in [6, 6.07) is 30.1. The number of benzene rings is 4. The Kier molecular flexibility index (Phi) is 24.1. The SMILES string of the molecule is C=CCc1ccccc1S(c1ccccc1CC=C)=P([O-])([O-])[S-].C=CCc1ccccc1S(c1ccccc1CC=C)=P([O-])([O-])[S-].[Zn+2].[Zn+2].[Zn+2]. The van der Waals surface area contributed by atoms with Gasteiger partial charge >= 0.3 is 58.4 Å². The molecule has 0 aliphatic carbocycles. The Bertz CT molecular complexity index is 1580. The second kappa shape index (κ2) is 24.2. The van der Waals surface area contributed by atoms with E-state index >= 15 is 0 Å². The van der Waals surface area contributed by atoms with Gasteiger partial charge in [0.1, 0.15) is 0 Å². The van der Waals surface area contributed by atoms with E-state index < -0.39 is 31.5 Å². The average Bonchev–Trinajstić information content (AvgIpc) is 3.00.